The Hall–Kier alpha value is -2.07. The van der Waals surface area contributed by atoms with Gasteiger partial charge in [-0.3, -0.25) is 4.79 Å². The molecule has 1 aromatic rings. The number of fused-ring (bicyclic) bond motifs is 1. The Morgan fingerprint density at radius 3 is 2.76 bits per heavy atom. The van der Waals surface area contributed by atoms with Crippen molar-refractivity contribution in [2.75, 3.05) is 19.7 Å². The fourth-order valence-electron chi connectivity index (χ4n) is 3.87. The average Bonchev–Trinajstić information content (AvgIpc) is 2.92. The van der Waals surface area contributed by atoms with E-state index < -0.39 is 5.60 Å². The zero-order valence-electron chi connectivity index (χ0n) is 14.9. The highest BCUT2D eigenvalue weighted by atomic mass is 16.5. The van der Waals surface area contributed by atoms with Gasteiger partial charge >= 0.3 is 0 Å². The maximum atomic E-state index is 12.4. The van der Waals surface area contributed by atoms with Gasteiger partial charge in [0, 0.05) is 31.9 Å². The van der Waals surface area contributed by atoms with Crippen molar-refractivity contribution in [2.24, 2.45) is 0 Å². The first-order valence-electron chi connectivity index (χ1n) is 9.30. The number of carbonyl (C=O) groups excluding carboxylic acids is 1. The van der Waals surface area contributed by atoms with Crippen molar-refractivity contribution in [1.82, 2.24) is 10.2 Å². The highest BCUT2D eigenvalue weighted by Gasteiger charge is 2.37. The molecule has 1 aliphatic carbocycles. The van der Waals surface area contributed by atoms with E-state index in [4.69, 9.17) is 4.74 Å². The minimum absolute atomic E-state index is 0.00910. The van der Waals surface area contributed by atoms with E-state index in [0.29, 0.717) is 13.2 Å². The van der Waals surface area contributed by atoms with Crippen LogP contribution in [0.4, 0.5) is 0 Å². The number of rotatable bonds is 4. The molecule has 0 aromatic heterocycles. The second-order valence-electron chi connectivity index (χ2n) is 7.41. The van der Waals surface area contributed by atoms with Gasteiger partial charge in [0.25, 0.3) is 5.91 Å². The standard InChI is InChI=1S/C21H26N2O2/c1-21(10-3-13-25-21)20(24)22-15-16-6-7-17-8-11-23(19-4-2-5-19)12-9-18(17)14-16/h2,4-7,14H,3,8-13,15H2,1H3,(H,22,24). The summed E-state index contributed by atoms with van der Waals surface area (Å²) in [4.78, 5) is 14.8. The summed E-state index contributed by atoms with van der Waals surface area (Å²) < 4.78 is 5.62. The lowest BCUT2D eigenvalue weighted by molar-refractivity contribution is -0.139. The van der Waals surface area contributed by atoms with Crippen molar-refractivity contribution in [1.29, 1.82) is 0 Å². The van der Waals surface area contributed by atoms with Crippen LogP contribution in [0, 0.1) is 0 Å². The van der Waals surface area contributed by atoms with Gasteiger partial charge in [0.15, 0.2) is 0 Å². The normalized spacial score (nSPS) is 25.0. The van der Waals surface area contributed by atoms with E-state index >= 15 is 0 Å². The molecule has 0 spiro atoms. The minimum Gasteiger partial charge on any atom is -0.371 e. The average molecular weight is 338 g/mol. The van der Waals surface area contributed by atoms with Crippen molar-refractivity contribution in [3.05, 3.63) is 58.8 Å². The van der Waals surface area contributed by atoms with E-state index in [1.54, 1.807) is 0 Å². The molecular formula is C21H26N2O2. The lowest BCUT2D eigenvalue weighted by Gasteiger charge is -2.26. The van der Waals surface area contributed by atoms with Gasteiger partial charge in [-0.15, -0.1) is 0 Å². The summed E-state index contributed by atoms with van der Waals surface area (Å²) in [5.41, 5.74) is 4.74. The molecule has 0 bridgehead atoms. The molecule has 1 aromatic carbocycles. The highest BCUT2D eigenvalue weighted by Crippen LogP contribution is 2.26. The number of amides is 1. The number of allylic oxidation sites excluding steroid dienone is 3. The second kappa shape index (κ2) is 6.68. The maximum absolute atomic E-state index is 12.4. The third-order valence-electron chi connectivity index (χ3n) is 5.62. The van der Waals surface area contributed by atoms with Crippen LogP contribution in [-0.2, 0) is 28.9 Å². The summed E-state index contributed by atoms with van der Waals surface area (Å²) in [7, 11) is 0. The molecule has 3 aliphatic rings. The van der Waals surface area contributed by atoms with Gasteiger partial charge in [-0.05, 0) is 61.4 Å². The molecule has 0 radical (unpaired) electrons. The largest absolute Gasteiger partial charge is 0.371 e. The molecule has 1 unspecified atom stereocenters. The molecule has 1 N–H and O–H groups in total. The number of nitrogens with one attached hydrogen (secondary N) is 1. The van der Waals surface area contributed by atoms with E-state index in [-0.39, 0.29) is 5.91 Å². The van der Waals surface area contributed by atoms with Gasteiger partial charge < -0.3 is 15.0 Å². The van der Waals surface area contributed by atoms with Gasteiger partial charge in [-0.25, -0.2) is 0 Å². The maximum Gasteiger partial charge on any atom is 0.252 e. The number of nitrogens with zero attached hydrogens (tertiary/aromatic N) is 1. The van der Waals surface area contributed by atoms with Crippen molar-refractivity contribution in [3.8, 4) is 0 Å². The van der Waals surface area contributed by atoms with Crippen LogP contribution in [0.5, 0.6) is 0 Å². The molecule has 2 aliphatic heterocycles. The van der Waals surface area contributed by atoms with Crippen LogP contribution in [-0.4, -0.2) is 36.1 Å². The van der Waals surface area contributed by atoms with Crippen LogP contribution in [0.1, 0.15) is 36.5 Å². The lowest BCUT2D eigenvalue weighted by Crippen LogP contribution is -2.43. The molecule has 1 fully saturated rings. The summed E-state index contributed by atoms with van der Waals surface area (Å²) in [6.07, 6.45) is 10.4. The number of ether oxygens (including phenoxy) is 1. The molecule has 1 amide bonds. The number of benzene rings is 1. The zero-order chi connectivity index (χ0) is 17.3. The van der Waals surface area contributed by atoms with Crippen molar-refractivity contribution in [3.63, 3.8) is 0 Å². The van der Waals surface area contributed by atoms with Gasteiger partial charge in [-0.1, -0.05) is 24.3 Å². The molecular weight excluding hydrogens is 312 g/mol. The molecule has 2 heterocycles. The number of carbonyl (C=O) groups is 1. The van der Waals surface area contributed by atoms with E-state index in [2.05, 4.69) is 46.6 Å². The molecule has 0 saturated carbocycles. The summed E-state index contributed by atoms with van der Waals surface area (Å²) in [5.74, 6) is 0.00910. The Kier molecular flexibility index (Phi) is 4.38. The first-order valence-corrected chi connectivity index (χ1v) is 9.30. The lowest BCUT2D eigenvalue weighted by atomic mass is 9.99. The molecule has 1 saturated heterocycles. The smallest absolute Gasteiger partial charge is 0.252 e. The molecule has 25 heavy (non-hydrogen) atoms. The summed E-state index contributed by atoms with van der Waals surface area (Å²) in [5, 5.41) is 3.06. The molecule has 132 valence electrons. The Labute approximate surface area is 149 Å². The SMILES string of the molecule is CC1(C(=O)NCc2ccc3c(c2)CCN(C2=CC=C2)CC3)CCCO1. The van der Waals surface area contributed by atoms with Crippen LogP contribution in [0.25, 0.3) is 0 Å². The van der Waals surface area contributed by atoms with Crippen LogP contribution in [0.3, 0.4) is 0 Å². The van der Waals surface area contributed by atoms with E-state index in [1.807, 2.05) is 6.92 Å². The third-order valence-corrected chi connectivity index (χ3v) is 5.62. The Balaban J connectivity index is 1.38. The van der Waals surface area contributed by atoms with E-state index in [0.717, 1.165) is 38.8 Å². The molecule has 4 heteroatoms. The monoisotopic (exact) mass is 338 g/mol. The van der Waals surface area contributed by atoms with Gasteiger partial charge in [0.1, 0.15) is 5.60 Å². The van der Waals surface area contributed by atoms with Crippen molar-refractivity contribution < 1.29 is 9.53 Å². The summed E-state index contributed by atoms with van der Waals surface area (Å²) in [6.45, 7) is 5.29. The first-order chi connectivity index (χ1) is 12.1. The quantitative estimate of drug-likeness (QED) is 0.918. The summed E-state index contributed by atoms with van der Waals surface area (Å²) in [6, 6.07) is 6.65. The van der Waals surface area contributed by atoms with Gasteiger partial charge in [0.2, 0.25) is 0 Å². The van der Waals surface area contributed by atoms with Crippen LogP contribution in [0.15, 0.2) is 42.1 Å². The topological polar surface area (TPSA) is 41.6 Å². The predicted molar refractivity (Wildman–Crippen MR) is 98.1 cm³/mol. The van der Waals surface area contributed by atoms with Crippen LogP contribution < -0.4 is 5.32 Å². The van der Waals surface area contributed by atoms with E-state index in [9.17, 15) is 4.79 Å². The minimum atomic E-state index is -0.643. The van der Waals surface area contributed by atoms with Crippen molar-refractivity contribution in [2.45, 2.75) is 44.8 Å². The second-order valence-corrected chi connectivity index (χ2v) is 7.41. The van der Waals surface area contributed by atoms with Crippen LogP contribution >= 0.6 is 0 Å². The number of hydrogen-bond acceptors (Lipinski definition) is 3. The van der Waals surface area contributed by atoms with E-state index in [1.165, 1.54) is 22.4 Å². The predicted octanol–water partition coefficient (Wildman–Crippen LogP) is 2.73. The zero-order valence-corrected chi connectivity index (χ0v) is 14.9. The van der Waals surface area contributed by atoms with Gasteiger partial charge in [-0.2, -0.15) is 0 Å². The summed E-state index contributed by atoms with van der Waals surface area (Å²) >= 11 is 0. The molecule has 1 atom stereocenters. The Morgan fingerprint density at radius 1 is 1.28 bits per heavy atom. The van der Waals surface area contributed by atoms with Gasteiger partial charge in [0.05, 0.1) is 0 Å². The first kappa shape index (κ1) is 16.4. The Bertz CT molecular complexity index is 729. The third kappa shape index (κ3) is 3.36. The van der Waals surface area contributed by atoms with Crippen LogP contribution in [0.2, 0.25) is 0 Å². The Morgan fingerprint density at radius 2 is 2.08 bits per heavy atom. The molecule has 4 rings (SSSR count). The fraction of sp³-hybridized carbons (Fsp3) is 0.476. The highest BCUT2D eigenvalue weighted by molar-refractivity contribution is 5.84. The molecule has 4 nitrogen and oxygen atoms in total. The fourth-order valence-corrected chi connectivity index (χ4v) is 3.87. The van der Waals surface area contributed by atoms with Crippen molar-refractivity contribution >= 4 is 5.91 Å². The number of hydrogen-bond donors (Lipinski definition) is 1.